The highest BCUT2D eigenvalue weighted by Gasteiger charge is 2.07. The minimum absolute atomic E-state index is 0.0883. The van der Waals surface area contributed by atoms with Crippen LogP contribution in [0.4, 0.5) is 5.13 Å². The molecule has 18 heavy (non-hydrogen) atoms. The average Bonchev–Trinajstić information content (AvgIpc) is 2.81. The first-order chi connectivity index (χ1) is 8.74. The van der Waals surface area contributed by atoms with Gasteiger partial charge in [-0.2, -0.15) is 0 Å². The van der Waals surface area contributed by atoms with Gasteiger partial charge in [-0.25, -0.2) is 9.78 Å². The molecule has 7 heteroatoms. The highest BCUT2D eigenvalue weighted by Crippen LogP contribution is 2.15. The Bertz CT molecular complexity index is 357. The lowest BCUT2D eigenvalue weighted by Gasteiger charge is -2.04. The van der Waals surface area contributed by atoms with Crippen LogP contribution in [0.2, 0.25) is 0 Å². The average molecular weight is 274 g/mol. The van der Waals surface area contributed by atoms with Crippen molar-refractivity contribution in [1.82, 2.24) is 4.98 Å². The monoisotopic (exact) mass is 274 g/mol. The third-order valence-corrected chi connectivity index (χ3v) is 2.95. The summed E-state index contributed by atoms with van der Waals surface area (Å²) in [4.78, 5) is 14.5. The van der Waals surface area contributed by atoms with E-state index >= 15 is 0 Å². The van der Waals surface area contributed by atoms with Crippen LogP contribution in [0, 0.1) is 0 Å². The van der Waals surface area contributed by atoms with Crippen molar-refractivity contribution in [3.63, 3.8) is 0 Å². The number of rotatable bonds is 10. The van der Waals surface area contributed by atoms with Crippen LogP contribution in [0.15, 0.2) is 5.38 Å². The topological polar surface area (TPSA) is 80.7 Å². The number of anilines is 1. The molecule has 1 aromatic rings. The molecule has 0 amide bonds. The first-order valence-electron chi connectivity index (χ1n) is 5.73. The lowest BCUT2D eigenvalue weighted by atomic mass is 10.3. The molecule has 0 atom stereocenters. The summed E-state index contributed by atoms with van der Waals surface area (Å²) in [6.07, 6.45) is 1.91. The van der Waals surface area contributed by atoms with E-state index in [1.165, 1.54) is 16.7 Å². The molecule has 1 rings (SSSR count). The number of carboxylic acids is 1. The van der Waals surface area contributed by atoms with Gasteiger partial charge in [-0.1, -0.05) is 0 Å². The van der Waals surface area contributed by atoms with Crippen molar-refractivity contribution < 1.29 is 19.4 Å². The van der Waals surface area contributed by atoms with Gasteiger partial charge in [0, 0.05) is 25.6 Å². The zero-order valence-corrected chi connectivity index (χ0v) is 11.2. The Morgan fingerprint density at radius 1 is 1.44 bits per heavy atom. The molecule has 0 radical (unpaired) electrons. The van der Waals surface area contributed by atoms with Crippen molar-refractivity contribution in [3.05, 3.63) is 11.1 Å². The maximum absolute atomic E-state index is 10.6. The second-order valence-electron chi connectivity index (χ2n) is 3.58. The van der Waals surface area contributed by atoms with Gasteiger partial charge in [-0.3, -0.25) is 0 Å². The molecule has 0 saturated heterocycles. The van der Waals surface area contributed by atoms with Crippen molar-refractivity contribution in [2.75, 3.05) is 38.8 Å². The molecular formula is C11H18N2O4S. The van der Waals surface area contributed by atoms with Crippen LogP contribution < -0.4 is 5.32 Å². The molecule has 0 unspecified atom stereocenters. The smallest absolute Gasteiger partial charge is 0.355 e. The van der Waals surface area contributed by atoms with Crippen LogP contribution in [0.3, 0.4) is 0 Å². The summed E-state index contributed by atoms with van der Waals surface area (Å²) in [5, 5.41) is 14.0. The number of nitrogens with one attached hydrogen (secondary N) is 1. The molecule has 0 aliphatic heterocycles. The van der Waals surface area contributed by atoms with E-state index in [-0.39, 0.29) is 5.69 Å². The van der Waals surface area contributed by atoms with E-state index in [1.807, 2.05) is 0 Å². The van der Waals surface area contributed by atoms with Crippen LogP contribution in [0.1, 0.15) is 23.3 Å². The summed E-state index contributed by atoms with van der Waals surface area (Å²) in [6.45, 7) is 2.72. The van der Waals surface area contributed by atoms with E-state index in [9.17, 15) is 4.79 Å². The molecule has 0 bridgehead atoms. The standard InChI is InChI=1S/C11H18N2O4S/c1-16-6-7-17-5-3-2-4-12-11-13-9(8-18-11)10(14)15/h8H,2-7H2,1H3,(H,12,13)(H,14,15). The fourth-order valence-corrected chi connectivity index (χ4v) is 1.94. The molecule has 0 aliphatic rings. The number of unbranched alkanes of at least 4 members (excludes halogenated alkanes) is 1. The zero-order chi connectivity index (χ0) is 13.2. The van der Waals surface area contributed by atoms with Crippen molar-refractivity contribution in [1.29, 1.82) is 0 Å². The van der Waals surface area contributed by atoms with Gasteiger partial charge in [0.25, 0.3) is 0 Å². The van der Waals surface area contributed by atoms with E-state index in [0.29, 0.717) is 25.0 Å². The molecular weight excluding hydrogens is 256 g/mol. The van der Waals surface area contributed by atoms with E-state index in [1.54, 1.807) is 7.11 Å². The fraction of sp³-hybridized carbons (Fsp3) is 0.636. The molecule has 0 spiro atoms. The van der Waals surface area contributed by atoms with Crippen LogP contribution in [0.5, 0.6) is 0 Å². The third kappa shape index (κ3) is 5.95. The molecule has 0 aliphatic carbocycles. The molecule has 1 aromatic heterocycles. The van der Waals surface area contributed by atoms with Gasteiger partial charge < -0.3 is 19.9 Å². The molecule has 0 saturated carbocycles. The summed E-state index contributed by atoms with van der Waals surface area (Å²) in [6, 6.07) is 0. The lowest BCUT2D eigenvalue weighted by molar-refractivity contribution is 0.0691. The van der Waals surface area contributed by atoms with E-state index < -0.39 is 5.97 Å². The van der Waals surface area contributed by atoms with Crippen LogP contribution in [0.25, 0.3) is 0 Å². The highest BCUT2D eigenvalue weighted by atomic mass is 32.1. The zero-order valence-electron chi connectivity index (χ0n) is 10.3. The highest BCUT2D eigenvalue weighted by molar-refractivity contribution is 7.13. The first kappa shape index (κ1) is 14.9. The fourth-order valence-electron chi connectivity index (χ4n) is 1.22. The molecule has 0 fully saturated rings. The third-order valence-electron chi connectivity index (χ3n) is 2.15. The Hall–Kier alpha value is -1.18. The number of nitrogens with zero attached hydrogens (tertiary/aromatic N) is 1. The van der Waals surface area contributed by atoms with Crippen molar-refractivity contribution in [2.24, 2.45) is 0 Å². The van der Waals surface area contributed by atoms with Crippen LogP contribution in [-0.4, -0.2) is 49.5 Å². The normalized spacial score (nSPS) is 10.5. The van der Waals surface area contributed by atoms with Gasteiger partial charge in [-0.15, -0.1) is 11.3 Å². The molecule has 0 aromatic carbocycles. The van der Waals surface area contributed by atoms with Gasteiger partial charge in [0.15, 0.2) is 10.8 Å². The molecule has 6 nitrogen and oxygen atoms in total. The number of aromatic nitrogens is 1. The van der Waals surface area contributed by atoms with Gasteiger partial charge in [-0.05, 0) is 12.8 Å². The van der Waals surface area contributed by atoms with Crippen LogP contribution >= 0.6 is 11.3 Å². The van der Waals surface area contributed by atoms with Crippen LogP contribution in [-0.2, 0) is 9.47 Å². The summed E-state index contributed by atoms with van der Waals surface area (Å²) in [5.74, 6) is -0.995. The molecule has 102 valence electrons. The van der Waals surface area contributed by atoms with Gasteiger partial charge in [0.2, 0.25) is 0 Å². The van der Waals surface area contributed by atoms with Crippen molar-refractivity contribution in [2.45, 2.75) is 12.8 Å². The quantitative estimate of drug-likeness (QED) is 0.632. The van der Waals surface area contributed by atoms with Gasteiger partial charge in [0.1, 0.15) is 0 Å². The Morgan fingerprint density at radius 3 is 2.94 bits per heavy atom. The number of carbonyl (C=O) groups is 1. The second-order valence-corrected chi connectivity index (χ2v) is 4.44. The number of carboxylic acid groups (broad SMARTS) is 1. The Balaban J connectivity index is 2.02. The number of thiazole rings is 1. The Kier molecular flexibility index (Phi) is 7.31. The van der Waals surface area contributed by atoms with Crippen molar-refractivity contribution >= 4 is 22.4 Å². The maximum Gasteiger partial charge on any atom is 0.355 e. The molecule has 1 heterocycles. The number of hydrogen-bond acceptors (Lipinski definition) is 6. The Morgan fingerprint density at radius 2 is 2.28 bits per heavy atom. The van der Waals surface area contributed by atoms with Crippen molar-refractivity contribution in [3.8, 4) is 0 Å². The minimum Gasteiger partial charge on any atom is -0.476 e. The summed E-state index contributed by atoms with van der Waals surface area (Å²) >= 11 is 1.30. The lowest BCUT2D eigenvalue weighted by Crippen LogP contribution is -2.06. The van der Waals surface area contributed by atoms with Gasteiger partial charge in [0.05, 0.1) is 13.2 Å². The van der Waals surface area contributed by atoms with E-state index in [0.717, 1.165) is 19.4 Å². The maximum atomic E-state index is 10.6. The summed E-state index contributed by atoms with van der Waals surface area (Å²) in [5.41, 5.74) is 0.0883. The summed E-state index contributed by atoms with van der Waals surface area (Å²) in [7, 11) is 1.65. The van der Waals surface area contributed by atoms with Gasteiger partial charge >= 0.3 is 5.97 Å². The number of methoxy groups -OCH3 is 1. The van der Waals surface area contributed by atoms with E-state index in [2.05, 4.69) is 10.3 Å². The molecule has 2 N–H and O–H groups in total. The second kappa shape index (κ2) is 8.84. The predicted molar refractivity (Wildman–Crippen MR) is 69.5 cm³/mol. The SMILES string of the molecule is COCCOCCCCNc1nc(C(=O)O)cs1. The largest absolute Gasteiger partial charge is 0.476 e. The van der Waals surface area contributed by atoms with E-state index in [4.69, 9.17) is 14.6 Å². The minimum atomic E-state index is -0.995. The number of ether oxygens (including phenoxy) is 2. The Labute approximate surface area is 110 Å². The summed E-state index contributed by atoms with van der Waals surface area (Å²) < 4.78 is 10.2. The number of hydrogen-bond donors (Lipinski definition) is 2. The predicted octanol–water partition coefficient (Wildman–Crippen LogP) is 1.70. The number of aromatic carboxylic acids is 1. The first-order valence-corrected chi connectivity index (χ1v) is 6.61.